The van der Waals surface area contributed by atoms with Crippen molar-refractivity contribution in [3.8, 4) is 0 Å². The van der Waals surface area contributed by atoms with Gasteiger partial charge in [-0.25, -0.2) is 8.42 Å². The van der Waals surface area contributed by atoms with Crippen molar-refractivity contribution in [2.45, 2.75) is 24.5 Å². The predicted molar refractivity (Wildman–Crippen MR) is 91.0 cm³/mol. The van der Waals surface area contributed by atoms with Crippen LogP contribution in [0.3, 0.4) is 0 Å². The number of hydrogen-bond donors (Lipinski definition) is 1. The highest BCUT2D eigenvalue weighted by molar-refractivity contribution is 7.89. The number of carbonyl (C=O) groups excluding carboxylic acids is 1. The summed E-state index contributed by atoms with van der Waals surface area (Å²) in [5.41, 5.74) is 0.301. The molecule has 2 aromatic rings. The van der Waals surface area contributed by atoms with Gasteiger partial charge in [0.1, 0.15) is 22.7 Å². The minimum Gasteiger partial charge on any atom is -0.458 e. The van der Waals surface area contributed by atoms with E-state index in [2.05, 4.69) is 14.3 Å². The van der Waals surface area contributed by atoms with Gasteiger partial charge in [-0.05, 0) is 25.1 Å². The largest absolute Gasteiger partial charge is 0.458 e. The van der Waals surface area contributed by atoms with Gasteiger partial charge < -0.3 is 4.74 Å². The van der Waals surface area contributed by atoms with Gasteiger partial charge in [0.25, 0.3) is 0 Å². The van der Waals surface area contributed by atoms with Crippen molar-refractivity contribution in [1.82, 2.24) is 14.3 Å². The third kappa shape index (κ3) is 4.78. The number of benzene rings is 1. The van der Waals surface area contributed by atoms with Gasteiger partial charge in [-0.2, -0.15) is 4.72 Å². The molecule has 0 bridgehead atoms. The third-order valence-electron chi connectivity index (χ3n) is 2.75. The molecule has 130 valence electrons. The van der Waals surface area contributed by atoms with Crippen molar-refractivity contribution < 1.29 is 17.9 Å². The van der Waals surface area contributed by atoms with E-state index in [-0.39, 0.29) is 21.5 Å². The molecule has 0 amide bonds. The third-order valence-corrected chi connectivity index (χ3v) is 6.01. The normalized spacial score (nSPS) is 12.8. The number of ether oxygens (including phenoxy) is 1. The molecule has 0 aliphatic heterocycles. The molecule has 7 nitrogen and oxygen atoms in total. The number of nitrogens with zero attached hydrogens (tertiary/aromatic N) is 2. The summed E-state index contributed by atoms with van der Waals surface area (Å²) in [7, 11) is -3.97. The van der Waals surface area contributed by atoms with Crippen LogP contribution in [0.1, 0.15) is 12.6 Å². The molecule has 2 rings (SSSR count). The second kappa shape index (κ2) is 7.94. The lowest BCUT2D eigenvalue weighted by atomic mass is 10.4. The summed E-state index contributed by atoms with van der Waals surface area (Å²) in [5, 5.41) is 3.98. The summed E-state index contributed by atoms with van der Waals surface area (Å²) in [6.45, 7) is 1.14. The van der Waals surface area contributed by atoms with Gasteiger partial charge in [0.15, 0.2) is 0 Å². The summed E-state index contributed by atoms with van der Waals surface area (Å²) >= 11 is 18.3. The first-order valence-corrected chi connectivity index (χ1v) is 9.70. The molecule has 0 aliphatic rings. The number of nitrogens with one attached hydrogen (secondary N) is 1. The fraction of sp³-hybridized carbons (Fsp3) is 0.250. The van der Waals surface area contributed by atoms with Gasteiger partial charge in [-0.15, -0.1) is 5.10 Å². The standard InChI is InChI=1S/C12H10Cl3N3O4S2/c1-6(12(19)22-5-10-11(15)23-18-16-10)17-24(20,21)7-2-3-8(13)9(14)4-7/h2-4,6,17H,5H2,1H3/t6-/m0/s1. The van der Waals surface area contributed by atoms with E-state index in [0.29, 0.717) is 10.0 Å². The first-order valence-electron chi connectivity index (χ1n) is 6.31. The molecule has 0 unspecified atom stereocenters. The highest BCUT2D eigenvalue weighted by atomic mass is 35.5. The first kappa shape index (κ1) is 19.4. The van der Waals surface area contributed by atoms with Gasteiger partial charge in [0, 0.05) is 11.5 Å². The van der Waals surface area contributed by atoms with Crippen LogP contribution in [0.4, 0.5) is 0 Å². The van der Waals surface area contributed by atoms with Crippen molar-refractivity contribution in [3.05, 3.63) is 38.3 Å². The minimum atomic E-state index is -3.97. The van der Waals surface area contributed by atoms with Crippen molar-refractivity contribution in [1.29, 1.82) is 0 Å². The Morgan fingerprint density at radius 1 is 1.33 bits per heavy atom. The number of halogens is 3. The number of esters is 1. The Morgan fingerprint density at radius 3 is 2.62 bits per heavy atom. The van der Waals surface area contributed by atoms with E-state index in [0.717, 1.165) is 11.5 Å². The molecule has 1 atom stereocenters. The van der Waals surface area contributed by atoms with Crippen LogP contribution in [0.25, 0.3) is 0 Å². The lowest BCUT2D eigenvalue weighted by Gasteiger charge is -2.13. The van der Waals surface area contributed by atoms with E-state index >= 15 is 0 Å². The average Bonchev–Trinajstić information content (AvgIpc) is 2.92. The van der Waals surface area contributed by atoms with E-state index in [1.807, 2.05) is 0 Å². The van der Waals surface area contributed by atoms with Crippen LogP contribution in [0.2, 0.25) is 14.4 Å². The summed E-state index contributed by atoms with van der Waals surface area (Å²) in [4.78, 5) is 11.8. The molecule has 0 saturated heterocycles. The predicted octanol–water partition coefficient (Wildman–Crippen LogP) is 2.91. The Labute approximate surface area is 157 Å². The molecule has 12 heteroatoms. The molecular formula is C12H10Cl3N3O4S2. The average molecular weight is 431 g/mol. The molecule has 0 fully saturated rings. The van der Waals surface area contributed by atoms with Crippen LogP contribution in [0.15, 0.2) is 23.1 Å². The van der Waals surface area contributed by atoms with E-state index in [1.165, 1.54) is 25.1 Å². The maximum Gasteiger partial charge on any atom is 0.324 e. The summed E-state index contributed by atoms with van der Waals surface area (Å²) < 4.78 is 35.5. The summed E-state index contributed by atoms with van der Waals surface area (Å²) in [6.07, 6.45) is 0. The molecule has 24 heavy (non-hydrogen) atoms. The number of carbonyl (C=O) groups is 1. The minimum absolute atomic E-state index is 0.0837. The molecule has 0 radical (unpaired) electrons. The summed E-state index contributed by atoms with van der Waals surface area (Å²) in [5.74, 6) is -0.789. The Kier molecular flexibility index (Phi) is 6.40. The van der Waals surface area contributed by atoms with Crippen molar-refractivity contribution in [3.63, 3.8) is 0 Å². The maximum absolute atomic E-state index is 12.2. The van der Waals surface area contributed by atoms with E-state index in [1.54, 1.807) is 0 Å². The van der Waals surface area contributed by atoms with Crippen LogP contribution in [0.5, 0.6) is 0 Å². The van der Waals surface area contributed by atoms with E-state index in [9.17, 15) is 13.2 Å². The fourth-order valence-electron chi connectivity index (χ4n) is 1.54. The smallest absolute Gasteiger partial charge is 0.324 e. The second-order valence-electron chi connectivity index (χ2n) is 4.52. The highest BCUT2D eigenvalue weighted by Gasteiger charge is 2.24. The topological polar surface area (TPSA) is 98.2 Å². The van der Waals surface area contributed by atoms with Crippen molar-refractivity contribution in [2.24, 2.45) is 0 Å². The van der Waals surface area contributed by atoms with E-state index < -0.39 is 22.0 Å². The molecule has 0 aliphatic carbocycles. The van der Waals surface area contributed by atoms with Crippen LogP contribution < -0.4 is 4.72 Å². The van der Waals surface area contributed by atoms with Crippen LogP contribution >= 0.6 is 46.3 Å². The molecule has 1 aromatic heterocycles. The molecule has 0 spiro atoms. The van der Waals surface area contributed by atoms with Gasteiger partial charge in [-0.1, -0.05) is 39.3 Å². The molecule has 1 heterocycles. The lowest BCUT2D eigenvalue weighted by Crippen LogP contribution is -2.39. The fourth-order valence-corrected chi connectivity index (χ4v) is 3.72. The number of hydrogen-bond acceptors (Lipinski definition) is 7. The Hall–Kier alpha value is -0.970. The number of aromatic nitrogens is 2. The molecular weight excluding hydrogens is 421 g/mol. The zero-order valence-corrected chi connectivity index (χ0v) is 15.9. The maximum atomic E-state index is 12.2. The second-order valence-corrected chi connectivity index (χ2v) is 8.40. The van der Waals surface area contributed by atoms with E-state index in [4.69, 9.17) is 39.5 Å². The van der Waals surface area contributed by atoms with Crippen LogP contribution in [-0.4, -0.2) is 30.0 Å². The zero-order valence-electron chi connectivity index (χ0n) is 12.0. The Morgan fingerprint density at radius 2 is 2.04 bits per heavy atom. The highest BCUT2D eigenvalue weighted by Crippen LogP contribution is 2.25. The van der Waals surface area contributed by atoms with Crippen LogP contribution in [-0.2, 0) is 26.2 Å². The Balaban J connectivity index is 2.01. The quantitative estimate of drug-likeness (QED) is 0.708. The SMILES string of the molecule is C[C@H](NS(=O)(=O)c1ccc(Cl)c(Cl)c1)C(=O)OCc1nnsc1Cl. The first-order chi connectivity index (χ1) is 11.2. The zero-order chi connectivity index (χ0) is 17.9. The van der Waals surface area contributed by atoms with Crippen LogP contribution in [0, 0.1) is 0 Å². The lowest BCUT2D eigenvalue weighted by molar-refractivity contribution is -0.146. The van der Waals surface area contributed by atoms with Crippen molar-refractivity contribution in [2.75, 3.05) is 0 Å². The number of rotatable bonds is 6. The molecule has 1 aromatic carbocycles. The summed E-state index contributed by atoms with van der Waals surface area (Å²) in [6, 6.07) is 2.67. The Bertz CT molecular complexity index is 857. The molecule has 1 N–H and O–H groups in total. The van der Waals surface area contributed by atoms with Gasteiger partial charge in [0.05, 0.1) is 14.9 Å². The number of sulfonamides is 1. The molecule has 0 saturated carbocycles. The van der Waals surface area contributed by atoms with Gasteiger partial charge in [0.2, 0.25) is 10.0 Å². The van der Waals surface area contributed by atoms with Gasteiger partial charge >= 0.3 is 5.97 Å². The monoisotopic (exact) mass is 429 g/mol. The van der Waals surface area contributed by atoms with Gasteiger partial charge in [-0.3, -0.25) is 4.79 Å². The van der Waals surface area contributed by atoms with Crippen molar-refractivity contribution >= 4 is 62.3 Å².